The van der Waals surface area contributed by atoms with Crippen LogP contribution in [0, 0.1) is 10.6 Å². The summed E-state index contributed by atoms with van der Waals surface area (Å²) in [6.45, 7) is 0. The van der Waals surface area contributed by atoms with Crippen LogP contribution in [0.25, 0.3) is 11.4 Å². The van der Waals surface area contributed by atoms with Crippen molar-refractivity contribution in [3.63, 3.8) is 0 Å². The monoisotopic (exact) mass is 370 g/mol. The average Bonchev–Trinajstić information content (AvgIpc) is 2.61. The molecule has 0 spiro atoms. The van der Waals surface area contributed by atoms with Crippen LogP contribution in [0.2, 0.25) is 0 Å². The summed E-state index contributed by atoms with van der Waals surface area (Å²) in [6.07, 6.45) is 3.31. The summed E-state index contributed by atoms with van der Waals surface area (Å²) in [7, 11) is 1.31. The highest BCUT2D eigenvalue weighted by Crippen LogP contribution is 2.26. The molecular formula is C18H19FN6S. The van der Waals surface area contributed by atoms with Crippen molar-refractivity contribution in [3.8, 4) is 11.4 Å². The SMILES string of the molecule is CNc1cc(F)ccc1-c1ncnc(Nc2cccc(CS(C)=N)c2)n1. The molecule has 0 amide bonds. The quantitative estimate of drug-likeness (QED) is 0.611. The lowest BCUT2D eigenvalue weighted by atomic mass is 10.1. The molecule has 3 rings (SSSR count). The first-order valence-corrected chi connectivity index (χ1v) is 9.72. The maximum atomic E-state index is 13.4. The van der Waals surface area contributed by atoms with Crippen LogP contribution in [0.5, 0.6) is 0 Å². The maximum absolute atomic E-state index is 13.4. The second-order valence-corrected chi connectivity index (χ2v) is 7.24. The van der Waals surface area contributed by atoms with Gasteiger partial charge >= 0.3 is 0 Å². The summed E-state index contributed by atoms with van der Waals surface area (Å²) < 4.78 is 21.2. The molecule has 0 saturated carbocycles. The average molecular weight is 370 g/mol. The molecule has 1 heterocycles. The van der Waals surface area contributed by atoms with Crippen molar-refractivity contribution in [2.75, 3.05) is 23.9 Å². The smallest absolute Gasteiger partial charge is 0.230 e. The van der Waals surface area contributed by atoms with E-state index in [4.69, 9.17) is 4.78 Å². The Labute approximate surface area is 153 Å². The van der Waals surface area contributed by atoms with Crippen molar-refractivity contribution in [1.82, 2.24) is 15.0 Å². The van der Waals surface area contributed by atoms with Gasteiger partial charge < -0.3 is 10.6 Å². The van der Waals surface area contributed by atoms with Gasteiger partial charge in [-0.1, -0.05) is 12.1 Å². The highest BCUT2D eigenvalue weighted by molar-refractivity contribution is 7.84. The Morgan fingerprint density at radius 1 is 1.15 bits per heavy atom. The number of aromatic nitrogens is 3. The largest absolute Gasteiger partial charge is 0.387 e. The van der Waals surface area contributed by atoms with E-state index in [1.54, 1.807) is 13.1 Å². The van der Waals surface area contributed by atoms with Gasteiger partial charge in [0.15, 0.2) is 5.82 Å². The molecule has 3 N–H and O–H groups in total. The van der Waals surface area contributed by atoms with Gasteiger partial charge in [-0.2, -0.15) is 4.98 Å². The van der Waals surface area contributed by atoms with Gasteiger partial charge in [-0.25, -0.2) is 14.4 Å². The minimum absolute atomic E-state index is 0.327. The molecule has 8 heteroatoms. The van der Waals surface area contributed by atoms with Gasteiger partial charge in [0.05, 0.1) is 0 Å². The lowest BCUT2D eigenvalue weighted by Gasteiger charge is -2.10. The molecule has 26 heavy (non-hydrogen) atoms. The van der Waals surface area contributed by atoms with Crippen molar-refractivity contribution in [2.24, 2.45) is 0 Å². The predicted molar refractivity (Wildman–Crippen MR) is 104 cm³/mol. The Balaban J connectivity index is 1.88. The van der Waals surface area contributed by atoms with Crippen molar-refractivity contribution in [2.45, 2.75) is 5.75 Å². The second kappa shape index (κ2) is 8.01. The minimum atomic E-state index is -0.412. The third kappa shape index (κ3) is 4.40. The fourth-order valence-corrected chi connectivity index (χ4v) is 3.20. The van der Waals surface area contributed by atoms with Crippen LogP contribution in [-0.4, -0.2) is 28.3 Å². The highest BCUT2D eigenvalue weighted by Gasteiger charge is 2.10. The first-order valence-electron chi connectivity index (χ1n) is 7.91. The Kier molecular flexibility index (Phi) is 5.52. The van der Waals surface area contributed by atoms with Gasteiger partial charge in [-0.3, -0.25) is 4.78 Å². The number of halogens is 1. The van der Waals surface area contributed by atoms with E-state index in [-0.39, 0.29) is 5.82 Å². The molecule has 1 aromatic heterocycles. The molecule has 0 aliphatic heterocycles. The Morgan fingerprint density at radius 3 is 2.77 bits per heavy atom. The van der Waals surface area contributed by atoms with Gasteiger partial charge in [0, 0.05) is 29.7 Å². The van der Waals surface area contributed by atoms with Crippen LogP contribution in [0.15, 0.2) is 48.8 Å². The molecule has 0 fully saturated rings. The summed E-state index contributed by atoms with van der Waals surface area (Å²) in [4.78, 5) is 12.8. The standard InChI is InChI=1S/C18H19FN6S/c1-21-16-9-13(19)6-7-15(16)17-22-11-23-18(25-17)24-14-5-3-4-12(8-14)10-26(2)20/h3-9,11,20-21H,10H2,1-2H3,(H,22,23,24,25). The fourth-order valence-electron chi connectivity index (χ4n) is 2.52. The van der Waals surface area contributed by atoms with Gasteiger partial charge in [-0.05, 0) is 42.2 Å². The lowest BCUT2D eigenvalue weighted by molar-refractivity contribution is 0.628. The van der Waals surface area contributed by atoms with E-state index in [9.17, 15) is 4.39 Å². The molecule has 3 aromatic rings. The number of anilines is 3. The van der Waals surface area contributed by atoms with E-state index in [1.165, 1.54) is 18.5 Å². The van der Waals surface area contributed by atoms with Crippen LogP contribution in [0.1, 0.15) is 5.56 Å². The van der Waals surface area contributed by atoms with Crippen molar-refractivity contribution in [1.29, 1.82) is 4.78 Å². The zero-order valence-electron chi connectivity index (χ0n) is 14.5. The van der Waals surface area contributed by atoms with E-state index in [2.05, 4.69) is 25.6 Å². The number of benzene rings is 2. The van der Waals surface area contributed by atoms with Crippen LogP contribution in [0.4, 0.5) is 21.7 Å². The first-order chi connectivity index (χ1) is 12.5. The predicted octanol–water partition coefficient (Wildman–Crippen LogP) is 3.97. The summed E-state index contributed by atoms with van der Waals surface area (Å²) in [5.41, 5.74) is 3.23. The van der Waals surface area contributed by atoms with Crippen LogP contribution in [0.3, 0.4) is 0 Å². The number of hydrogen-bond acceptors (Lipinski definition) is 6. The van der Waals surface area contributed by atoms with Crippen molar-refractivity contribution < 1.29 is 4.39 Å². The van der Waals surface area contributed by atoms with Gasteiger partial charge in [-0.15, -0.1) is 10.7 Å². The third-order valence-corrected chi connectivity index (χ3v) is 4.40. The summed E-state index contributed by atoms with van der Waals surface area (Å²) in [5.74, 6) is 1.23. The Bertz CT molecular complexity index is 946. The molecular weight excluding hydrogens is 351 g/mol. The van der Waals surface area contributed by atoms with E-state index < -0.39 is 10.7 Å². The fraction of sp³-hybridized carbons (Fsp3) is 0.167. The number of hydrogen-bond donors (Lipinski definition) is 3. The second-order valence-electron chi connectivity index (χ2n) is 5.68. The molecule has 0 radical (unpaired) electrons. The van der Waals surface area contributed by atoms with Crippen LogP contribution < -0.4 is 10.6 Å². The van der Waals surface area contributed by atoms with Crippen molar-refractivity contribution >= 4 is 28.0 Å². The Morgan fingerprint density at radius 2 is 2.00 bits per heavy atom. The molecule has 0 saturated heterocycles. The molecule has 6 nitrogen and oxygen atoms in total. The first kappa shape index (κ1) is 17.9. The third-order valence-electron chi connectivity index (χ3n) is 3.63. The lowest BCUT2D eigenvalue weighted by Crippen LogP contribution is -2.02. The van der Waals surface area contributed by atoms with E-state index >= 15 is 0 Å². The molecule has 1 atom stereocenters. The minimum Gasteiger partial charge on any atom is -0.387 e. The molecule has 0 aliphatic carbocycles. The van der Waals surface area contributed by atoms with E-state index in [0.29, 0.717) is 28.8 Å². The van der Waals surface area contributed by atoms with E-state index in [0.717, 1.165) is 11.3 Å². The van der Waals surface area contributed by atoms with E-state index in [1.807, 2.05) is 30.5 Å². The Hall–Kier alpha value is -2.87. The summed E-state index contributed by atoms with van der Waals surface area (Å²) >= 11 is 0. The van der Waals surface area contributed by atoms with Gasteiger partial charge in [0.25, 0.3) is 0 Å². The normalized spacial score (nSPS) is 11.8. The van der Waals surface area contributed by atoms with Gasteiger partial charge in [0.2, 0.25) is 5.95 Å². The summed E-state index contributed by atoms with van der Waals surface area (Å²) in [6, 6.07) is 12.3. The molecule has 2 aromatic carbocycles. The van der Waals surface area contributed by atoms with Gasteiger partial charge in [0.1, 0.15) is 12.1 Å². The van der Waals surface area contributed by atoms with Crippen LogP contribution >= 0.6 is 0 Å². The highest BCUT2D eigenvalue weighted by atomic mass is 32.2. The number of nitrogens with zero attached hydrogens (tertiary/aromatic N) is 3. The summed E-state index contributed by atoms with van der Waals surface area (Å²) in [5, 5.41) is 6.11. The zero-order chi connectivity index (χ0) is 18.5. The number of nitrogens with one attached hydrogen (secondary N) is 3. The van der Waals surface area contributed by atoms with Crippen molar-refractivity contribution in [3.05, 3.63) is 60.2 Å². The van der Waals surface area contributed by atoms with Crippen LogP contribution in [-0.2, 0) is 16.4 Å². The number of rotatable bonds is 6. The topological polar surface area (TPSA) is 86.6 Å². The molecule has 0 bridgehead atoms. The molecule has 134 valence electrons. The zero-order valence-corrected chi connectivity index (χ0v) is 15.3. The maximum Gasteiger partial charge on any atom is 0.230 e. The molecule has 1 unspecified atom stereocenters. The molecule has 0 aliphatic rings.